The minimum atomic E-state index is -5.12. The van der Waals surface area contributed by atoms with Crippen LogP contribution < -0.4 is 4.72 Å². The molecule has 0 bridgehead atoms. The molecule has 4 aromatic rings. The largest absolute Gasteiger partial charge is 0.345 e. The molecule has 4 rings (SSSR count). The van der Waals surface area contributed by atoms with Crippen molar-refractivity contribution in [2.45, 2.75) is 13.2 Å². The highest BCUT2D eigenvalue weighted by Gasteiger charge is 2.26. The number of nitrogens with zero attached hydrogens (tertiary/aromatic N) is 1. The number of anilines is 1. The van der Waals surface area contributed by atoms with Crippen molar-refractivity contribution in [1.29, 1.82) is 0 Å². The molecule has 2 heterocycles. The molecule has 33 heavy (non-hydrogen) atoms. The lowest BCUT2D eigenvalue weighted by molar-refractivity contribution is 0.103. The third kappa shape index (κ3) is 4.60. The van der Waals surface area contributed by atoms with Crippen LogP contribution in [0.5, 0.6) is 0 Å². The van der Waals surface area contributed by atoms with Crippen molar-refractivity contribution in [1.82, 2.24) is 9.97 Å². The Labute approximate surface area is 207 Å². The van der Waals surface area contributed by atoms with Gasteiger partial charge in [-0.1, -0.05) is 30.6 Å². The summed E-state index contributed by atoms with van der Waals surface area (Å²) < 4.78 is 135. The Morgan fingerprint density at radius 1 is 1.27 bits per heavy atom. The van der Waals surface area contributed by atoms with Gasteiger partial charge in [-0.3, -0.25) is 9.52 Å². The van der Waals surface area contributed by atoms with Crippen LogP contribution >= 0.6 is 11.6 Å². The first kappa shape index (κ1) is 13.4. The lowest BCUT2D eigenvalue weighted by atomic mass is 10.00. The third-order valence-corrected chi connectivity index (χ3v) is 5.68. The Morgan fingerprint density at radius 3 is 2.76 bits per heavy atom. The van der Waals surface area contributed by atoms with Gasteiger partial charge < -0.3 is 4.98 Å². The van der Waals surface area contributed by atoms with Gasteiger partial charge in [-0.2, -0.15) is 0 Å². The van der Waals surface area contributed by atoms with E-state index in [1.165, 1.54) is 29.0 Å². The molecule has 0 saturated carbocycles. The van der Waals surface area contributed by atoms with Crippen LogP contribution in [0.1, 0.15) is 42.9 Å². The highest BCUT2D eigenvalue weighted by molar-refractivity contribution is 7.92. The van der Waals surface area contributed by atoms with Crippen LogP contribution in [0.3, 0.4) is 0 Å². The Morgan fingerprint density at radius 2 is 2.03 bits per heavy atom. The second-order valence-electron chi connectivity index (χ2n) is 6.57. The summed E-state index contributed by atoms with van der Waals surface area (Å²) in [6.45, 7) is -3.43. The van der Waals surface area contributed by atoms with Crippen molar-refractivity contribution < 1.29 is 35.7 Å². The Bertz CT molecular complexity index is 1920. The van der Waals surface area contributed by atoms with Crippen LogP contribution in [0, 0.1) is 11.6 Å². The van der Waals surface area contributed by atoms with Crippen LogP contribution in [0.25, 0.3) is 22.2 Å². The zero-order valence-electron chi connectivity index (χ0n) is 26.2. The fourth-order valence-corrected chi connectivity index (χ4v) is 3.74. The maximum Gasteiger partial charge on any atom is 0.232 e. The molecule has 6 nitrogen and oxygen atoms in total. The van der Waals surface area contributed by atoms with E-state index in [0.717, 1.165) is 0 Å². The van der Waals surface area contributed by atoms with Gasteiger partial charge in [0.25, 0.3) is 0 Å². The van der Waals surface area contributed by atoms with Gasteiger partial charge in [0.05, 0.1) is 23.9 Å². The number of sulfonamides is 1. The first-order valence-corrected chi connectivity index (χ1v) is 11.0. The number of pyridine rings is 1. The van der Waals surface area contributed by atoms with Crippen molar-refractivity contribution in [3.05, 3.63) is 82.5 Å². The van der Waals surface area contributed by atoms with Crippen LogP contribution in [0.2, 0.25) is 5.02 Å². The second-order valence-corrected chi connectivity index (χ2v) is 8.73. The molecular formula is C23H18ClF2N3O3S. The van der Waals surface area contributed by atoms with E-state index in [4.69, 9.17) is 25.3 Å². The van der Waals surface area contributed by atoms with E-state index >= 15 is 8.78 Å². The van der Waals surface area contributed by atoms with E-state index in [-0.39, 0.29) is 16.8 Å². The molecule has 0 amide bonds. The molecule has 0 unspecified atom stereocenters. The molecule has 0 aliphatic rings. The molecule has 0 radical (unpaired) electrons. The predicted octanol–water partition coefficient (Wildman–Crippen LogP) is 5.54. The maximum absolute atomic E-state index is 15.7. The fraction of sp³-hybridized carbons (Fsp3) is 0.130. The minimum absolute atomic E-state index is 0.127. The third-order valence-electron chi connectivity index (χ3n) is 4.38. The summed E-state index contributed by atoms with van der Waals surface area (Å²) >= 11 is 5.90. The van der Waals surface area contributed by atoms with Gasteiger partial charge in [-0.25, -0.2) is 22.2 Å². The Hall–Kier alpha value is -3.30. The van der Waals surface area contributed by atoms with Crippen LogP contribution in [-0.2, 0) is 10.0 Å². The molecule has 2 aromatic carbocycles. The number of rotatable bonds is 7. The van der Waals surface area contributed by atoms with Gasteiger partial charge in [-0.05, 0) is 42.2 Å². The molecular weight excluding hydrogens is 472 g/mol. The van der Waals surface area contributed by atoms with Crippen LogP contribution in [0.15, 0.2) is 54.7 Å². The normalized spacial score (nSPS) is 16.8. The second kappa shape index (κ2) is 8.92. The molecule has 10 heteroatoms. The molecule has 0 saturated heterocycles. The molecule has 0 aliphatic carbocycles. The monoisotopic (exact) mass is 499 g/mol. The maximum atomic E-state index is 15.7. The number of fused-ring (bicyclic) bond motifs is 1. The molecule has 2 aromatic heterocycles. The summed E-state index contributed by atoms with van der Waals surface area (Å²) in [6, 6.07) is 2.43. The van der Waals surface area contributed by atoms with Crippen molar-refractivity contribution in [2.75, 3.05) is 10.5 Å². The van der Waals surface area contributed by atoms with Gasteiger partial charge in [0, 0.05) is 40.7 Å². The number of carbonyl (C=O) groups excluding carboxylic acids is 1. The zero-order chi connectivity index (χ0) is 32.4. The zero-order valence-corrected chi connectivity index (χ0v) is 17.8. The summed E-state index contributed by atoms with van der Waals surface area (Å²) in [6.07, 6.45) is -4.58. The Kier molecular flexibility index (Phi) is 3.62. The smallest absolute Gasteiger partial charge is 0.232 e. The van der Waals surface area contributed by atoms with Crippen LogP contribution in [-0.4, -0.2) is 29.9 Å². The molecule has 0 spiro atoms. The number of aromatic nitrogens is 2. The van der Waals surface area contributed by atoms with Gasteiger partial charge in [0.2, 0.25) is 15.8 Å². The quantitative estimate of drug-likeness (QED) is 0.326. The van der Waals surface area contributed by atoms with E-state index in [1.807, 2.05) is 0 Å². The van der Waals surface area contributed by atoms with Gasteiger partial charge >= 0.3 is 0 Å². The number of benzene rings is 2. The summed E-state index contributed by atoms with van der Waals surface area (Å²) in [5, 5.41) is -0.0954. The van der Waals surface area contributed by atoms with E-state index in [9.17, 15) is 13.2 Å². The Balaban J connectivity index is 1.91. The van der Waals surface area contributed by atoms with Crippen molar-refractivity contribution in [3.8, 4) is 11.1 Å². The average Bonchev–Trinajstić information content (AvgIpc) is 3.21. The van der Waals surface area contributed by atoms with Crippen molar-refractivity contribution >= 4 is 44.1 Å². The van der Waals surface area contributed by atoms with Gasteiger partial charge in [0.15, 0.2) is 5.82 Å². The first-order valence-electron chi connectivity index (χ1n) is 14.0. The topological polar surface area (TPSA) is 91.9 Å². The van der Waals surface area contributed by atoms with Crippen molar-refractivity contribution in [3.63, 3.8) is 0 Å². The number of hydrogen-bond donors (Lipinski definition) is 2. The number of aromatic amines is 1. The van der Waals surface area contributed by atoms with Crippen LogP contribution in [0.4, 0.5) is 14.5 Å². The molecule has 170 valence electrons. The number of H-pyrrole nitrogens is 1. The summed E-state index contributed by atoms with van der Waals surface area (Å²) in [4.78, 5) is 19.9. The highest BCUT2D eigenvalue weighted by atomic mass is 35.5. The number of carbonyl (C=O) groups is 1. The van der Waals surface area contributed by atoms with Gasteiger partial charge in [0.1, 0.15) is 11.5 Å². The fourth-order valence-electron chi connectivity index (χ4n) is 2.90. The summed E-state index contributed by atoms with van der Waals surface area (Å²) in [5.74, 6) is -7.31. The van der Waals surface area contributed by atoms with Crippen molar-refractivity contribution in [2.24, 2.45) is 0 Å². The predicted molar refractivity (Wildman–Crippen MR) is 124 cm³/mol. The van der Waals surface area contributed by atoms with E-state index in [1.54, 1.807) is 0 Å². The number of nitrogens with one attached hydrogen (secondary N) is 2. The number of hydrogen-bond acceptors (Lipinski definition) is 4. The summed E-state index contributed by atoms with van der Waals surface area (Å²) in [7, 11) is -5.12. The number of halogens is 3. The summed E-state index contributed by atoms with van der Waals surface area (Å²) in [5.41, 5.74) is -4.05. The SMILES string of the molecule is [2H]c1nc2[nH]c([2H])c(C(=O)c3c(F)c([2H])c([2H])c(NS(=O)(=O)CC([2H])([2H])C([2H])([2H])[2H])c3F)c2c([2H])c1-c1ccc(Cl)cc1. The lowest BCUT2D eigenvalue weighted by Gasteiger charge is -2.11. The van der Waals surface area contributed by atoms with E-state index < -0.39 is 99.1 Å². The standard InChI is InChI=1S/C23H18ClF2N3O3S/c1-2-9-33(31,32)29-19-8-7-18(25)20(21(19)26)22(30)17-12-28-23-16(17)10-14(11-27-23)13-3-5-15(24)6-4-13/h3-8,10-12,29H,2,9H2,1H3,(H,27,28)/i1D3,2D2,7D,8D,10D,11D,12D. The molecule has 2 N–H and O–H groups in total. The first-order chi connectivity index (χ1) is 19.7. The lowest BCUT2D eigenvalue weighted by Crippen LogP contribution is -2.18. The van der Waals surface area contributed by atoms with E-state index in [2.05, 4.69) is 9.97 Å². The van der Waals surface area contributed by atoms with Gasteiger partial charge in [-0.15, -0.1) is 0 Å². The molecule has 0 fully saturated rings. The molecule has 0 aliphatic heterocycles. The highest BCUT2D eigenvalue weighted by Crippen LogP contribution is 2.30. The minimum Gasteiger partial charge on any atom is -0.345 e. The average molecular weight is 500 g/mol. The van der Waals surface area contributed by atoms with E-state index in [0.29, 0.717) is 5.02 Å². The molecule has 0 atom stereocenters. The number of ketones is 1.